The van der Waals surface area contributed by atoms with Crippen LogP contribution in [0.5, 0.6) is 11.5 Å². The molecule has 1 aliphatic rings. The average Bonchev–Trinajstić information content (AvgIpc) is 3.18. The Morgan fingerprint density at radius 2 is 1.86 bits per heavy atom. The maximum absolute atomic E-state index is 13.8. The van der Waals surface area contributed by atoms with Crippen LogP contribution in [0.1, 0.15) is 57.7 Å². The first kappa shape index (κ1) is 26.4. The number of carbonyl (C=O) groups excluding carboxylic acids is 1. The summed E-state index contributed by atoms with van der Waals surface area (Å²) in [5.41, 5.74) is 2.37. The smallest absolute Gasteiger partial charge is 0.338 e. The highest BCUT2D eigenvalue weighted by atomic mass is 32.1. The van der Waals surface area contributed by atoms with E-state index in [0.717, 1.165) is 17.7 Å². The van der Waals surface area contributed by atoms with Crippen LogP contribution in [0.3, 0.4) is 0 Å². The van der Waals surface area contributed by atoms with E-state index in [1.54, 1.807) is 18.6 Å². The SMILES string of the molecule is CCCC1=C(C(=O)OCC)[C@H](c2ccccc2OC)n2c(s/c(=C\c3ccc(OC(C)C)cc3)c2=O)=N1. The number of nitrogens with zero attached hydrogens (tertiary/aromatic N) is 2. The molecular formula is C29H32N2O5S. The van der Waals surface area contributed by atoms with Gasteiger partial charge in [-0.05, 0) is 57.0 Å². The second kappa shape index (κ2) is 11.6. The van der Waals surface area contributed by atoms with Gasteiger partial charge in [0.2, 0.25) is 0 Å². The standard InChI is InChI=1S/C29H32N2O5S/c1-6-10-22-25(28(33)35-7-2)26(21-11-8-9-12-23(21)34-5)31-27(32)24(37-29(31)30-22)17-19-13-15-20(16-14-19)36-18(3)4/h8-9,11-18,26H,6-7,10H2,1-5H3/b24-17-/t26-/m0/s1. The van der Waals surface area contributed by atoms with Gasteiger partial charge in [-0.15, -0.1) is 0 Å². The van der Waals surface area contributed by atoms with Gasteiger partial charge < -0.3 is 14.2 Å². The zero-order chi connectivity index (χ0) is 26.5. The van der Waals surface area contributed by atoms with E-state index in [1.807, 2.05) is 75.4 Å². The second-order valence-corrected chi connectivity index (χ2v) is 9.90. The van der Waals surface area contributed by atoms with Crippen LogP contribution in [0, 0.1) is 0 Å². The third-order valence-corrected chi connectivity index (χ3v) is 6.86. The molecule has 0 bridgehead atoms. The fourth-order valence-electron chi connectivity index (χ4n) is 4.37. The number of hydrogen-bond donors (Lipinski definition) is 0. The quantitative estimate of drug-likeness (QED) is 0.392. The van der Waals surface area contributed by atoms with Crippen molar-refractivity contribution in [2.24, 2.45) is 4.99 Å². The van der Waals surface area contributed by atoms with E-state index in [9.17, 15) is 9.59 Å². The molecule has 37 heavy (non-hydrogen) atoms. The van der Waals surface area contributed by atoms with Crippen LogP contribution in [0.15, 0.2) is 69.6 Å². The molecule has 0 radical (unpaired) electrons. The van der Waals surface area contributed by atoms with Crippen molar-refractivity contribution in [1.29, 1.82) is 0 Å². The van der Waals surface area contributed by atoms with Gasteiger partial charge in [-0.2, -0.15) is 0 Å². The molecule has 8 heteroatoms. The Bertz CT molecular complexity index is 1480. The molecule has 0 saturated heterocycles. The third kappa shape index (κ3) is 5.54. The van der Waals surface area contributed by atoms with Crippen molar-refractivity contribution in [2.75, 3.05) is 13.7 Å². The number of methoxy groups -OCH3 is 1. The lowest BCUT2D eigenvalue weighted by Crippen LogP contribution is -2.40. The van der Waals surface area contributed by atoms with E-state index in [4.69, 9.17) is 19.2 Å². The van der Waals surface area contributed by atoms with Gasteiger partial charge in [-0.3, -0.25) is 9.36 Å². The van der Waals surface area contributed by atoms with Gasteiger partial charge in [0.05, 0.1) is 35.6 Å². The summed E-state index contributed by atoms with van der Waals surface area (Å²) >= 11 is 1.31. The molecule has 0 unspecified atom stereocenters. The molecule has 2 heterocycles. The Hall–Kier alpha value is -3.65. The predicted molar refractivity (Wildman–Crippen MR) is 145 cm³/mol. The van der Waals surface area contributed by atoms with Crippen molar-refractivity contribution in [2.45, 2.75) is 52.7 Å². The Balaban J connectivity index is 1.93. The molecule has 1 aromatic heterocycles. The van der Waals surface area contributed by atoms with Gasteiger partial charge >= 0.3 is 5.97 Å². The van der Waals surface area contributed by atoms with Crippen molar-refractivity contribution in [3.8, 4) is 11.5 Å². The Morgan fingerprint density at radius 1 is 1.14 bits per heavy atom. The summed E-state index contributed by atoms with van der Waals surface area (Å²) in [7, 11) is 1.58. The van der Waals surface area contributed by atoms with Crippen LogP contribution in [0.4, 0.5) is 0 Å². The van der Waals surface area contributed by atoms with E-state index in [-0.39, 0.29) is 18.3 Å². The number of fused-ring (bicyclic) bond motifs is 1. The maximum Gasteiger partial charge on any atom is 0.338 e. The van der Waals surface area contributed by atoms with Crippen LogP contribution in [-0.4, -0.2) is 30.4 Å². The molecule has 0 saturated carbocycles. The minimum atomic E-state index is -0.711. The van der Waals surface area contributed by atoms with Gasteiger partial charge in [0.15, 0.2) is 4.80 Å². The summed E-state index contributed by atoms with van der Waals surface area (Å²) in [4.78, 5) is 32.5. The molecule has 1 atom stereocenters. The van der Waals surface area contributed by atoms with Crippen LogP contribution in [0.25, 0.3) is 6.08 Å². The first-order valence-corrected chi connectivity index (χ1v) is 13.3. The number of thiazole rings is 1. The Kier molecular flexibility index (Phi) is 8.28. The lowest BCUT2D eigenvalue weighted by Gasteiger charge is -2.26. The zero-order valence-electron chi connectivity index (χ0n) is 21.8. The van der Waals surface area contributed by atoms with Crippen molar-refractivity contribution in [1.82, 2.24) is 4.57 Å². The predicted octanol–water partition coefficient (Wildman–Crippen LogP) is 4.37. The topological polar surface area (TPSA) is 79.1 Å². The van der Waals surface area contributed by atoms with Crippen molar-refractivity contribution in [3.05, 3.63) is 90.6 Å². The molecular weight excluding hydrogens is 488 g/mol. The lowest BCUT2D eigenvalue weighted by atomic mass is 9.93. The number of esters is 1. The third-order valence-electron chi connectivity index (χ3n) is 5.88. The Labute approximate surface area is 220 Å². The molecule has 4 rings (SSSR count). The minimum Gasteiger partial charge on any atom is -0.496 e. The summed E-state index contributed by atoms with van der Waals surface area (Å²) in [5, 5.41) is 0. The molecule has 0 fully saturated rings. The van der Waals surface area contributed by atoms with Gasteiger partial charge in [0.25, 0.3) is 5.56 Å². The van der Waals surface area contributed by atoms with E-state index in [2.05, 4.69) is 0 Å². The molecule has 1 aliphatic heterocycles. The highest BCUT2D eigenvalue weighted by Crippen LogP contribution is 2.36. The van der Waals surface area contributed by atoms with Gasteiger partial charge in [0, 0.05) is 5.56 Å². The number of hydrogen-bond acceptors (Lipinski definition) is 7. The van der Waals surface area contributed by atoms with E-state index in [1.165, 1.54) is 11.3 Å². The van der Waals surface area contributed by atoms with Gasteiger partial charge in [-0.25, -0.2) is 9.79 Å². The highest BCUT2D eigenvalue weighted by molar-refractivity contribution is 7.07. The number of ether oxygens (including phenoxy) is 3. The monoisotopic (exact) mass is 520 g/mol. The Morgan fingerprint density at radius 3 is 2.51 bits per heavy atom. The fourth-order valence-corrected chi connectivity index (χ4v) is 5.39. The van der Waals surface area contributed by atoms with Crippen LogP contribution in [-0.2, 0) is 9.53 Å². The maximum atomic E-state index is 13.8. The number of allylic oxidation sites excluding steroid dienone is 1. The number of rotatable bonds is 9. The molecule has 0 amide bonds. The van der Waals surface area contributed by atoms with Crippen LogP contribution >= 0.6 is 11.3 Å². The van der Waals surface area contributed by atoms with E-state index in [0.29, 0.717) is 38.3 Å². The van der Waals surface area contributed by atoms with Crippen molar-refractivity contribution >= 4 is 23.4 Å². The largest absolute Gasteiger partial charge is 0.496 e. The molecule has 2 aromatic carbocycles. The van der Waals surface area contributed by atoms with Crippen molar-refractivity contribution < 1.29 is 19.0 Å². The zero-order valence-corrected chi connectivity index (χ0v) is 22.6. The summed E-state index contributed by atoms with van der Waals surface area (Å²) < 4.78 is 18.9. The first-order chi connectivity index (χ1) is 17.9. The van der Waals surface area contributed by atoms with Crippen LogP contribution in [0.2, 0.25) is 0 Å². The first-order valence-electron chi connectivity index (χ1n) is 12.5. The molecule has 194 valence electrons. The molecule has 0 spiro atoms. The average molecular weight is 521 g/mol. The van der Waals surface area contributed by atoms with E-state index < -0.39 is 12.0 Å². The van der Waals surface area contributed by atoms with Crippen molar-refractivity contribution in [3.63, 3.8) is 0 Å². The summed E-state index contributed by atoms with van der Waals surface area (Å²) in [5.74, 6) is 0.885. The normalized spacial score (nSPS) is 15.4. The molecule has 3 aromatic rings. The number of para-hydroxylation sites is 1. The second-order valence-electron chi connectivity index (χ2n) is 8.89. The van der Waals surface area contributed by atoms with Gasteiger partial charge in [0.1, 0.15) is 17.5 Å². The summed E-state index contributed by atoms with van der Waals surface area (Å²) in [6.45, 7) is 7.98. The van der Waals surface area contributed by atoms with Crippen LogP contribution < -0.4 is 24.4 Å². The fraction of sp³-hybridized carbons (Fsp3) is 0.345. The number of benzene rings is 2. The molecule has 0 aliphatic carbocycles. The summed E-state index contributed by atoms with van der Waals surface area (Å²) in [6.07, 6.45) is 3.30. The number of aromatic nitrogens is 1. The lowest BCUT2D eigenvalue weighted by molar-refractivity contribution is -0.139. The summed E-state index contributed by atoms with van der Waals surface area (Å²) in [6, 6.07) is 14.3. The number of carbonyl (C=O) groups is 1. The molecule has 0 N–H and O–H groups in total. The van der Waals surface area contributed by atoms with E-state index >= 15 is 0 Å². The molecule has 7 nitrogen and oxygen atoms in total. The minimum absolute atomic E-state index is 0.0791. The van der Waals surface area contributed by atoms with Gasteiger partial charge in [-0.1, -0.05) is 55.0 Å². The highest BCUT2D eigenvalue weighted by Gasteiger charge is 2.35.